The summed E-state index contributed by atoms with van der Waals surface area (Å²) in [6.07, 6.45) is 6.11. The molecule has 2 aromatic heterocycles. The third-order valence-corrected chi connectivity index (χ3v) is 12.3. The number of anilines is 2. The molecule has 3 atom stereocenters. The normalized spacial score (nSPS) is 17.3. The fraction of sp³-hybridized carbons (Fsp3) is 0.472. The quantitative estimate of drug-likeness (QED) is 0.0559. The number of hydrogen-bond acceptors (Lipinski definition) is 13. The number of benzene rings is 3. The predicted octanol–water partition coefficient (Wildman–Crippen LogP) is 5.61. The van der Waals surface area contributed by atoms with E-state index in [1.165, 1.54) is 0 Å². The number of pyridine rings is 2. The van der Waals surface area contributed by atoms with Gasteiger partial charge in [-0.1, -0.05) is 68.4 Å². The number of carbonyl (C=O) groups excluding carboxylic acids is 2. The fourth-order valence-corrected chi connectivity index (χ4v) is 8.75. The van der Waals surface area contributed by atoms with E-state index in [0.717, 1.165) is 63.4 Å². The number of para-hydroxylation sites is 1. The molecule has 1 saturated heterocycles. The van der Waals surface area contributed by atoms with Crippen molar-refractivity contribution in [2.24, 2.45) is 0 Å². The Morgan fingerprint density at radius 1 is 0.838 bits per heavy atom. The Morgan fingerprint density at radius 3 is 2.32 bits per heavy atom. The second kappa shape index (κ2) is 25.8. The van der Waals surface area contributed by atoms with E-state index in [2.05, 4.69) is 58.7 Å². The van der Waals surface area contributed by atoms with Gasteiger partial charge in [0.05, 0.1) is 83.3 Å². The second-order valence-corrected chi connectivity index (χ2v) is 18.1. The van der Waals surface area contributed by atoms with Crippen LogP contribution in [0.25, 0.3) is 10.8 Å². The number of carbonyl (C=O) groups is 2. The van der Waals surface area contributed by atoms with E-state index in [9.17, 15) is 9.59 Å². The van der Waals surface area contributed by atoms with Gasteiger partial charge in [0.25, 0.3) is 0 Å². The number of fused-ring (bicyclic) bond motifs is 2. The Hall–Kier alpha value is -5.36. The van der Waals surface area contributed by atoms with Gasteiger partial charge in [-0.2, -0.15) is 0 Å². The molecule has 2 amide bonds. The average molecular weight is 932 g/mol. The molecule has 2 aliphatic rings. The molecular formula is C53H69N7O8. The summed E-state index contributed by atoms with van der Waals surface area (Å²) in [5, 5.41) is 12.0. The zero-order valence-electron chi connectivity index (χ0n) is 40.1. The van der Waals surface area contributed by atoms with Gasteiger partial charge in [0.1, 0.15) is 12.4 Å². The lowest BCUT2D eigenvalue weighted by Crippen LogP contribution is -2.59. The molecule has 0 bridgehead atoms. The van der Waals surface area contributed by atoms with Gasteiger partial charge < -0.3 is 49.3 Å². The Kier molecular flexibility index (Phi) is 19.2. The maximum atomic E-state index is 13.9. The average Bonchev–Trinajstić information content (AvgIpc) is 3.62. The monoisotopic (exact) mass is 932 g/mol. The van der Waals surface area contributed by atoms with Gasteiger partial charge >= 0.3 is 0 Å². The Bertz CT molecular complexity index is 2350. The highest BCUT2D eigenvalue weighted by Gasteiger charge is 2.40. The van der Waals surface area contributed by atoms with Crippen LogP contribution in [-0.2, 0) is 45.1 Å². The summed E-state index contributed by atoms with van der Waals surface area (Å²) in [6.45, 7) is 14.7. The molecule has 0 radical (unpaired) electrons. The number of nitrogens with one attached hydrogen (secondary N) is 3. The van der Waals surface area contributed by atoms with E-state index in [1.807, 2.05) is 90.1 Å². The largest absolute Gasteiger partial charge is 0.491 e. The van der Waals surface area contributed by atoms with Crippen LogP contribution in [0.5, 0.6) is 5.75 Å². The van der Waals surface area contributed by atoms with Crippen LogP contribution in [0.1, 0.15) is 49.1 Å². The maximum Gasteiger partial charge on any atom is 0.241 e. The number of nitrogens with zero attached hydrogens (tertiary/aromatic N) is 4. The number of rotatable bonds is 27. The first-order valence-electron chi connectivity index (χ1n) is 23.9. The standard InChI is InChI=1S/C53H69N7O8/c1-39-35-59(46(33-56-39)37-63-4)36-50(61)60-38-53(2,3)51-48(60)29-40(31-57-51)28-43-12-8-9-13-49(43)68-27-26-67-25-24-66-23-22-65-21-20-64-19-18-55-34-47(41-10-6-5-7-11-41)52(62)58-45-15-14-44-32-54-17-16-42(44)30-45/h5-17,29-32,39,46-47,55-56H,18-28,33-38H2,1-4H3,(H,58,62)/t39-,46-,47-/m1/s1. The molecule has 15 heteroatoms. The van der Waals surface area contributed by atoms with Gasteiger partial charge in [-0.25, -0.2) is 0 Å². The molecule has 68 heavy (non-hydrogen) atoms. The van der Waals surface area contributed by atoms with E-state index in [4.69, 9.17) is 33.4 Å². The molecule has 7 rings (SSSR count). The zero-order valence-corrected chi connectivity index (χ0v) is 40.1. The molecule has 0 saturated carbocycles. The van der Waals surface area contributed by atoms with Crippen LogP contribution in [-0.4, -0.2) is 151 Å². The summed E-state index contributed by atoms with van der Waals surface area (Å²) in [5.41, 5.74) is 5.35. The van der Waals surface area contributed by atoms with Gasteiger partial charge in [-0.05, 0) is 59.3 Å². The lowest BCUT2D eigenvalue weighted by molar-refractivity contribution is -0.121. The van der Waals surface area contributed by atoms with Gasteiger partial charge in [0.2, 0.25) is 11.8 Å². The van der Waals surface area contributed by atoms with Crippen LogP contribution in [0, 0.1) is 0 Å². The molecule has 5 aromatic rings. The molecule has 364 valence electrons. The highest BCUT2D eigenvalue weighted by molar-refractivity contribution is 5.98. The molecule has 0 spiro atoms. The molecule has 0 unspecified atom stereocenters. The van der Waals surface area contributed by atoms with E-state index in [0.29, 0.717) is 105 Å². The topological polar surface area (TPSA) is 158 Å². The van der Waals surface area contributed by atoms with E-state index < -0.39 is 0 Å². The van der Waals surface area contributed by atoms with E-state index in [1.54, 1.807) is 13.3 Å². The van der Waals surface area contributed by atoms with Crippen molar-refractivity contribution in [3.8, 4) is 5.75 Å². The number of ether oxygens (including phenoxy) is 6. The van der Waals surface area contributed by atoms with Gasteiger partial charge in [-0.3, -0.25) is 24.5 Å². The lowest BCUT2D eigenvalue weighted by atomic mass is 9.91. The highest BCUT2D eigenvalue weighted by Crippen LogP contribution is 2.40. The molecule has 2 aliphatic heterocycles. The van der Waals surface area contributed by atoms with Crippen molar-refractivity contribution in [1.29, 1.82) is 0 Å². The first-order chi connectivity index (χ1) is 33.2. The van der Waals surface area contributed by atoms with E-state index in [-0.39, 0.29) is 29.2 Å². The summed E-state index contributed by atoms with van der Waals surface area (Å²) in [7, 11) is 1.71. The van der Waals surface area contributed by atoms with Crippen molar-refractivity contribution in [3.05, 3.63) is 126 Å². The van der Waals surface area contributed by atoms with Crippen molar-refractivity contribution in [2.45, 2.75) is 50.6 Å². The molecule has 1 fully saturated rings. The molecular weight excluding hydrogens is 863 g/mol. The minimum atomic E-state index is -0.366. The lowest BCUT2D eigenvalue weighted by Gasteiger charge is -2.39. The second-order valence-electron chi connectivity index (χ2n) is 18.1. The van der Waals surface area contributed by atoms with E-state index >= 15 is 0 Å². The smallest absolute Gasteiger partial charge is 0.241 e. The Labute approximate surface area is 401 Å². The first-order valence-corrected chi connectivity index (χ1v) is 23.9. The van der Waals surface area contributed by atoms with Crippen molar-refractivity contribution < 1.29 is 38.0 Å². The van der Waals surface area contributed by atoms with Gasteiger partial charge in [-0.15, -0.1) is 0 Å². The number of methoxy groups -OCH3 is 1. The summed E-state index contributed by atoms with van der Waals surface area (Å²) >= 11 is 0. The Balaban J connectivity index is 0.735. The van der Waals surface area contributed by atoms with Crippen molar-refractivity contribution >= 4 is 34.0 Å². The van der Waals surface area contributed by atoms with Crippen LogP contribution in [0.3, 0.4) is 0 Å². The highest BCUT2D eigenvalue weighted by atomic mass is 16.6. The van der Waals surface area contributed by atoms with Crippen molar-refractivity contribution in [1.82, 2.24) is 25.5 Å². The minimum absolute atomic E-state index is 0.0744. The summed E-state index contributed by atoms with van der Waals surface area (Å²) in [4.78, 5) is 40.6. The fourth-order valence-electron chi connectivity index (χ4n) is 8.75. The van der Waals surface area contributed by atoms with Crippen molar-refractivity contribution in [3.63, 3.8) is 0 Å². The zero-order chi connectivity index (χ0) is 47.6. The summed E-state index contributed by atoms with van der Waals surface area (Å²) in [5.74, 6) is 0.439. The molecule has 0 aliphatic carbocycles. The van der Waals surface area contributed by atoms with Crippen LogP contribution in [0.4, 0.5) is 11.4 Å². The Morgan fingerprint density at radius 2 is 1.56 bits per heavy atom. The van der Waals surface area contributed by atoms with Gasteiger partial charge in [0, 0.05) is 93.4 Å². The molecule has 15 nitrogen and oxygen atoms in total. The number of hydrogen-bond donors (Lipinski definition) is 3. The first kappa shape index (κ1) is 50.5. The summed E-state index contributed by atoms with van der Waals surface area (Å²) < 4.78 is 34.5. The third kappa shape index (κ3) is 14.6. The third-order valence-electron chi connectivity index (χ3n) is 12.3. The predicted molar refractivity (Wildman–Crippen MR) is 265 cm³/mol. The van der Waals surface area contributed by atoms with Crippen LogP contribution in [0.2, 0.25) is 0 Å². The molecule has 3 aromatic carbocycles. The van der Waals surface area contributed by atoms with Crippen molar-refractivity contribution in [2.75, 3.05) is 123 Å². The number of aromatic nitrogens is 2. The molecule has 3 N–H and O–H groups in total. The molecule has 4 heterocycles. The number of amides is 2. The maximum absolute atomic E-state index is 13.9. The van der Waals surface area contributed by atoms with Crippen LogP contribution < -0.4 is 25.6 Å². The SMILES string of the molecule is COC[C@H]1CN[C@H](C)CN1CC(=O)N1CC(C)(C)c2ncc(Cc3ccccc3OCCOCCOCCOCCOCCNC[C@@H](C(=O)Nc3ccc4cnccc4c3)c3ccccc3)cc21. The number of piperazine rings is 1. The van der Waals surface area contributed by atoms with Crippen LogP contribution >= 0.6 is 0 Å². The van der Waals surface area contributed by atoms with Crippen LogP contribution in [0.15, 0.2) is 104 Å². The minimum Gasteiger partial charge on any atom is -0.491 e. The summed E-state index contributed by atoms with van der Waals surface area (Å²) in [6, 6.07) is 28.2. The van der Waals surface area contributed by atoms with Gasteiger partial charge in [0.15, 0.2) is 0 Å².